The number of rotatable bonds is 4. The van der Waals surface area contributed by atoms with Crippen molar-refractivity contribution in [3.8, 4) is 0 Å². The number of alkyl halides is 3. The fraction of sp³-hybridized carbons (Fsp3) is 0.143. The molecule has 0 saturated carbocycles. The number of pyridine rings is 1. The molecule has 0 saturated heterocycles. The summed E-state index contributed by atoms with van der Waals surface area (Å²) >= 11 is 17.8. The van der Waals surface area contributed by atoms with Crippen molar-refractivity contribution in [2.75, 3.05) is 5.32 Å². The molecule has 4 nitrogen and oxygen atoms in total. The number of nitrogens with zero attached hydrogens (tertiary/aromatic N) is 1. The summed E-state index contributed by atoms with van der Waals surface area (Å²) in [5, 5.41) is 5.61. The van der Waals surface area contributed by atoms with Crippen molar-refractivity contribution < 1.29 is 4.79 Å². The topological polar surface area (TPSA) is 54.0 Å². The van der Waals surface area contributed by atoms with Gasteiger partial charge in [0.05, 0.1) is 5.56 Å². The zero-order valence-corrected chi connectivity index (χ0v) is 13.0. The standard InChI is InChI=1S/C14H12Cl3N3O/c15-14(16,17)13(19-11-6-2-1-3-7-11)20-12(21)10-5-4-8-18-9-10/h1-9,13,19H,(H,20,21)/t13-/m1/s1. The summed E-state index contributed by atoms with van der Waals surface area (Å²) in [6.07, 6.45) is 2.12. The average molecular weight is 345 g/mol. The zero-order chi connectivity index (χ0) is 15.3. The van der Waals surface area contributed by atoms with Crippen LogP contribution in [-0.4, -0.2) is 20.8 Å². The number of nitrogens with one attached hydrogen (secondary N) is 2. The molecular weight excluding hydrogens is 333 g/mol. The Labute approximate surface area is 137 Å². The highest BCUT2D eigenvalue weighted by molar-refractivity contribution is 6.68. The molecule has 1 atom stereocenters. The van der Waals surface area contributed by atoms with Gasteiger partial charge in [-0.2, -0.15) is 0 Å². The minimum atomic E-state index is -1.71. The van der Waals surface area contributed by atoms with Crippen LogP contribution in [0.3, 0.4) is 0 Å². The molecule has 1 aromatic carbocycles. The minimum Gasteiger partial charge on any atom is -0.362 e. The third kappa shape index (κ3) is 4.77. The molecule has 0 aliphatic carbocycles. The molecule has 0 bridgehead atoms. The summed E-state index contributed by atoms with van der Waals surface area (Å²) < 4.78 is -1.71. The number of hydrogen-bond acceptors (Lipinski definition) is 3. The molecule has 7 heteroatoms. The predicted molar refractivity (Wildman–Crippen MR) is 85.8 cm³/mol. The van der Waals surface area contributed by atoms with Crippen molar-refractivity contribution in [2.45, 2.75) is 9.96 Å². The van der Waals surface area contributed by atoms with E-state index in [2.05, 4.69) is 15.6 Å². The van der Waals surface area contributed by atoms with Crippen molar-refractivity contribution >= 4 is 46.4 Å². The zero-order valence-electron chi connectivity index (χ0n) is 10.8. The maximum Gasteiger partial charge on any atom is 0.254 e. The maximum atomic E-state index is 12.1. The molecule has 2 N–H and O–H groups in total. The smallest absolute Gasteiger partial charge is 0.254 e. The molecule has 0 fully saturated rings. The lowest BCUT2D eigenvalue weighted by molar-refractivity contribution is 0.0941. The second-order valence-corrected chi connectivity index (χ2v) is 6.57. The summed E-state index contributed by atoms with van der Waals surface area (Å²) in [7, 11) is 0. The Morgan fingerprint density at radius 3 is 2.38 bits per heavy atom. The van der Waals surface area contributed by atoms with Gasteiger partial charge in [0.1, 0.15) is 6.17 Å². The van der Waals surface area contributed by atoms with Crippen molar-refractivity contribution in [3.05, 3.63) is 60.4 Å². The Hall–Kier alpha value is -1.49. The number of hydrogen-bond donors (Lipinski definition) is 2. The lowest BCUT2D eigenvalue weighted by Gasteiger charge is -2.27. The van der Waals surface area contributed by atoms with Gasteiger partial charge >= 0.3 is 0 Å². The van der Waals surface area contributed by atoms with E-state index in [-0.39, 0.29) is 5.91 Å². The lowest BCUT2D eigenvalue weighted by Crippen LogP contribution is -2.49. The first-order valence-electron chi connectivity index (χ1n) is 6.06. The fourth-order valence-electron chi connectivity index (χ4n) is 1.61. The van der Waals surface area contributed by atoms with Crippen LogP contribution in [0.15, 0.2) is 54.9 Å². The number of carbonyl (C=O) groups excluding carboxylic acids is 1. The summed E-state index contributed by atoms with van der Waals surface area (Å²) in [4.78, 5) is 16.0. The molecule has 1 aromatic heterocycles. The van der Waals surface area contributed by atoms with E-state index in [9.17, 15) is 4.79 Å². The molecule has 0 spiro atoms. The molecule has 110 valence electrons. The minimum absolute atomic E-state index is 0.381. The van der Waals surface area contributed by atoms with E-state index in [1.807, 2.05) is 18.2 Å². The molecule has 0 unspecified atom stereocenters. The van der Waals surface area contributed by atoms with E-state index in [0.29, 0.717) is 5.56 Å². The van der Waals surface area contributed by atoms with Gasteiger partial charge in [0.15, 0.2) is 0 Å². The molecule has 0 aliphatic rings. The number of anilines is 1. The second-order valence-electron chi connectivity index (χ2n) is 4.20. The SMILES string of the molecule is O=C(N[C@@H](Nc1ccccc1)C(Cl)(Cl)Cl)c1cccnc1. The van der Waals surface area contributed by atoms with Crippen LogP contribution in [-0.2, 0) is 0 Å². The van der Waals surface area contributed by atoms with Crippen molar-refractivity contribution in [3.63, 3.8) is 0 Å². The monoisotopic (exact) mass is 343 g/mol. The number of amides is 1. The number of carbonyl (C=O) groups is 1. The first kappa shape index (κ1) is 15.9. The van der Waals surface area contributed by atoms with Gasteiger partial charge in [-0.15, -0.1) is 0 Å². The van der Waals surface area contributed by atoms with Crippen molar-refractivity contribution in [1.29, 1.82) is 0 Å². The Balaban J connectivity index is 2.12. The molecule has 1 amide bonds. The van der Waals surface area contributed by atoms with E-state index < -0.39 is 9.96 Å². The molecule has 0 radical (unpaired) electrons. The van der Waals surface area contributed by atoms with Gasteiger partial charge in [-0.3, -0.25) is 9.78 Å². The van der Waals surface area contributed by atoms with Crippen LogP contribution in [0.25, 0.3) is 0 Å². The Morgan fingerprint density at radius 1 is 1.10 bits per heavy atom. The van der Waals surface area contributed by atoms with Crippen LogP contribution < -0.4 is 10.6 Å². The quantitative estimate of drug-likeness (QED) is 0.658. The molecule has 21 heavy (non-hydrogen) atoms. The number of benzene rings is 1. The van der Waals surface area contributed by atoms with Gasteiger partial charge in [0.2, 0.25) is 3.79 Å². The van der Waals surface area contributed by atoms with Crippen LogP contribution in [0.4, 0.5) is 5.69 Å². The van der Waals surface area contributed by atoms with Gasteiger partial charge in [0.25, 0.3) is 5.91 Å². The number of aromatic nitrogens is 1. The van der Waals surface area contributed by atoms with E-state index in [1.165, 1.54) is 6.20 Å². The van der Waals surface area contributed by atoms with Crippen molar-refractivity contribution in [2.24, 2.45) is 0 Å². The predicted octanol–water partition coefficient (Wildman–Crippen LogP) is 3.62. The van der Waals surface area contributed by atoms with Gasteiger partial charge in [-0.25, -0.2) is 0 Å². The molecule has 1 heterocycles. The molecule has 0 aliphatic heterocycles. The molecular formula is C14H12Cl3N3O. The van der Waals surface area contributed by atoms with E-state index in [1.54, 1.807) is 30.5 Å². The van der Waals surface area contributed by atoms with Gasteiger partial charge < -0.3 is 10.6 Å². The Morgan fingerprint density at radius 2 is 1.81 bits per heavy atom. The Bertz CT molecular complexity index is 587. The van der Waals surface area contributed by atoms with Gasteiger partial charge in [0, 0.05) is 18.1 Å². The number of halogens is 3. The van der Waals surface area contributed by atoms with E-state index in [0.717, 1.165) is 5.69 Å². The highest BCUT2D eigenvalue weighted by atomic mass is 35.6. The largest absolute Gasteiger partial charge is 0.362 e. The highest BCUT2D eigenvalue weighted by Crippen LogP contribution is 2.31. The first-order valence-corrected chi connectivity index (χ1v) is 7.19. The van der Waals surface area contributed by atoms with E-state index in [4.69, 9.17) is 34.8 Å². The van der Waals surface area contributed by atoms with Crippen LogP contribution >= 0.6 is 34.8 Å². The number of para-hydroxylation sites is 1. The van der Waals surface area contributed by atoms with Gasteiger partial charge in [-0.05, 0) is 24.3 Å². The van der Waals surface area contributed by atoms with Gasteiger partial charge in [-0.1, -0.05) is 53.0 Å². The maximum absolute atomic E-state index is 12.1. The van der Waals surface area contributed by atoms with Crippen LogP contribution in [0.2, 0.25) is 0 Å². The van der Waals surface area contributed by atoms with Crippen LogP contribution in [0, 0.1) is 0 Å². The third-order valence-corrected chi connectivity index (χ3v) is 3.27. The van der Waals surface area contributed by atoms with Crippen LogP contribution in [0.1, 0.15) is 10.4 Å². The van der Waals surface area contributed by atoms with Crippen molar-refractivity contribution in [1.82, 2.24) is 10.3 Å². The molecule has 2 aromatic rings. The average Bonchev–Trinajstić information content (AvgIpc) is 2.47. The second kappa shape index (κ2) is 6.98. The van der Waals surface area contributed by atoms with Crippen LogP contribution in [0.5, 0.6) is 0 Å². The third-order valence-electron chi connectivity index (χ3n) is 2.61. The summed E-state index contributed by atoms with van der Waals surface area (Å²) in [5.41, 5.74) is 1.10. The summed E-state index contributed by atoms with van der Waals surface area (Å²) in [6.45, 7) is 0. The summed E-state index contributed by atoms with van der Waals surface area (Å²) in [5.74, 6) is -0.386. The fourth-order valence-corrected chi connectivity index (χ4v) is 1.94. The normalized spacial score (nSPS) is 12.5. The summed E-state index contributed by atoms with van der Waals surface area (Å²) in [6, 6.07) is 12.4. The molecule has 2 rings (SSSR count). The first-order chi connectivity index (χ1) is 9.97. The van der Waals surface area contributed by atoms with E-state index >= 15 is 0 Å². The Kier molecular flexibility index (Phi) is 5.28. The highest BCUT2D eigenvalue weighted by Gasteiger charge is 2.34. The lowest BCUT2D eigenvalue weighted by atomic mass is 10.2.